The molecule has 1 aromatic carbocycles. The van der Waals surface area contributed by atoms with E-state index in [1.807, 2.05) is 19.1 Å². The Kier molecular flexibility index (Phi) is 6.01. The topological polar surface area (TPSA) is 23.6 Å². The zero-order valence-corrected chi connectivity index (χ0v) is 17.7. The number of halogens is 2. The molecular weight excluding hydrogens is 379 g/mol. The van der Waals surface area contributed by atoms with Crippen LogP contribution in [-0.2, 0) is 4.79 Å². The maximum absolute atomic E-state index is 13.5. The molecule has 0 radical (unpaired) electrons. The van der Waals surface area contributed by atoms with E-state index in [0.717, 1.165) is 18.5 Å². The van der Waals surface area contributed by atoms with E-state index < -0.39 is 0 Å². The minimum Gasteiger partial charge on any atom is -0.337 e. The third-order valence-corrected chi connectivity index (χ3v) is 7.73. The maximum atomic E-state index is 13.5. The lowest BCUT2D eigenvalue weighted by molar-refractivity contribution is -0.141. The number of carbonyl (C=O) groups excluding carboxylic acids is 1. The molecule has 2 heterocycles. The Balaban J connectivity index is 1.57. The molecule has 5 heteroatoms. The van der Waals surface area contributed by atoms with Crippen molar-refractivity contribution >= 4 is 29.1 Å². The second-order valence-electron chi connectivity index (χ2n) is 8.56. The van der Waals surface area contributed by atoms with E-state index in [1.54, 1.807) is 6.07 Å². The van der Waals surface area contributed by atoms with Crippen LogP contribution in [0.5, 0.6) is 0 Å². The zero-order chi connectivity index (χ0) is 19.0. The van der Waals surface area contributed by atoms with Crippen LogP contribution in [0.3, 0.4) is 0 Å². The van der Waals surface area contributed by atoms with E-state index in [9.17, 15) is 4.79 Å². The van der Waals surface area contributed by atoms with Gasteiger partial charge in [0.1, 0.15) is 0 Å². The molecule has 148 valence electrons. The van der Waals surface area contributed by atoms with E-state index in [-0.39, 0.29) is 11.8 Å². The van der Waals surface area contributed by atoms with Crippen molar-refractivity contribution < 1.29 is 4.79 Å². The number of hydrogen-bond donors (Lipinski definition) is 0. The molecule has 3 nitrogen and oxygen atoms in total. The minimum atomic E-state index is -0.181. The van der Waals surface area contributed by atoms with Crippen molar-refractivity contribution in [2.24, 2.45) is 5.92 Å². The summed E-state index contributed by atoms with van der Waals surface area (Å²) in [4.78, 5) is 18.5. The Hall–Kier alpha value is -0.770. The molecule has 0 bridgehead atoms. The average molecular weight is 409 g/mol. The third kappa shape index (κ3) is 3.88. The van der Waals surface area contributed by atoms with Crippen molar-refractivity contribution in [2.75, 3.05) is 19.6 Å². The number of likely N-dealkylation sites (tertiary alicyclic amines) is 2. The summed E-state index contributed by atoms with van der Waals surface area (Å²) in [5.74, 6) is 0.747. The molecule has 27 heavy (non-hydrogen) atoms. The summed E-state index contributed by atoms with van der Waals surface area (Å²) < 4.78 is 0. The van der Waals surface area contributed by atoms with E-state index in [2.05, 4.69) is 9.80 Å². The fourth-order valence-electron chi connectivity index (χ4n) is 5.60. The second kappa shape index (κ2) is 8.31. The second-order valence-corrected chi connectivity index (χ2v) is 9.38. The summed E-state index contributed by atoms with van der Waals surface area (Å²) in [6.07, 6.45) is 8.86. The Labute approximate surface area is 173 Å². The number of benzene rings is 1. The number of nitrogens with zero attached hydrogens (tertiary/aromatic N) is 2. The first kappa shape index (κ1) is 19.5. The number of fused-ring (bicyclic) bond motifs is 1. The number of amides is 1. The first-order valence-electron chi connectivity index (χ1n) is 10.6. The van der Waals surface area contributed by atoms with Crippen molar-refractivity contribution in [3.63, 3.8) is 0 Å². The molecule has 3 aliphatic rings. The summed E-state index contributed by atoms with van der Waals surface area (Å²) in [5, 5.41) is 1.07. The highest BCUT2D eigenvalue weighted by Crippen LogP contribution is 2.40. The highest BCUT2D eigenvalue weighted by Gasteiger charge is 2.44. The van der Waals surface area contributed by atoms with Gasteiger partial charge in [-0.3, -0.25) is 9.69 Å². The number of carbonyl (C=O) groups is 1. The summed E-state index contributed by atoms with van der Waals surface area (Å²) in [5.41, 5.74) is 0.963. The van der Waals surface area contributed by atoms with Gasteiger partial charge in [0.25, 0.3) is 0 Å². The smallest absolute Gasteiger partial charge is 0.230 e. The number of hydrogen-bond acceptors (Lipinski definition) is 2. The zero-order valence-electron chi connectivity index (χ0n) is 16.2. The maximum Gasteiger partial charge on any atom is 0.230 e. The van der Waals surface area contributed by atoms with Gasteiger partial charge < -0.3 is 4.90 Å². The fourth-order valence-corrected chi connectivity index (χ4v) is 5.90. The van der Waals surface area contributed by atoms with Gasteiger partial charge in [-0.05, 0) is 82.2 Å². The predicted molar refractivity (Wildman–Crippen MR) is 112 cm³/mol. The summed E-state index contributed by atoms with van der Waals surface area (Å²) >= 11 is 12.3. The molecular formula is C22H30Cl2N2O. The lowest BCUT2D eigenvalue weighted by Crippen LogP contribution is -2.60. The van der Waals surface area contributed by atoms with Gasteiger partial charge in [0, 0.05) is 12.6 Å². The monoisotopic (exact) mass is 408 g/mol. The molecule has 4 rings (SSSR count). The van der Waals surface area contributed by atoms with Gasteiger partial charge >= 0.3 is 0 Å². The van der Waals surface area contributed by atoms with E-state index >= 15 is 0 Å². The van der Waals surface area contributed by atoms with Crippen LogP contribution in [0, 0.1) is 5.92 Å². The fraction of sp³-hybridized carbons (Fsp3) is 0.682. The van der Waals surface area contributed by atoms with E-state index in [1.165, 1.54) is 51.6 Å². The van der Waals surface area contributed by atoms with Gasteiger partial charge in [-0.25, -0.2) is 0 Å². The van der Waals surface area contributed by atoms with Crippen molar-refractivity contribution in [3.8, 4) is 0 Å². The largest absolute Gasteiger partial charge is 0.337 e. The lowest BCUT2D eigenvalue weighted by atomic mass is 9.74. The lowest BCUT2D eigenvalue weighted by Gasteiger charge is -2.51. The third-order valence-electron chi connectivity index (χ3n) is 6.99. The Bertz CT molecular complexity index is 687. The molecule has 0 N–H and O–H groups in total. The van der Waals surface area contributed by atoms with Crippen LogP contribution in [0.1, 0.15) is 63.4 Å². The molecule has 2 aliphatic heterocycles. The quantitative estimate of drug-likeness (QED) is 0.672. The van der Waals surface area contributed by atoms with Crippen molar-refractivity contribution in [1.29, 1.82) is 0 Å². The predicted octanol–water partition coefficient (Wildman–Crippen LogP) is 5.35. The Morgan fingerprint density at radius 3 is 2.48 bits per heavy atom. The van der Waals surface area contributed by atoms with Crippen LogP contribution in [0.2, 0.25) is 10.0 Å². The van der Waals surface area contributed by atoms with Crippen LogP contribution < -0.4 is 0 Å². The summed E-state index contributed by atoms with van der Waals surface area (Å²) in [6.45, 7) is 5.33. The molecule has 1 aromatic rings. The molecule has 3 fully saturated rings. The van der Waals surface area contributed by atoms with Gasteiger partial charge in [0.2, 0.25) is 5.91 Å². The highest BCUT2D eigenvalue weighted by atomic mass is 35.5. The Morgan fingerprint density at radius 1 is 1.00 bits per heavy atom. The SMILES string of the molecule is CC(C(=O)N1CCC[C@@H]2CCC[C@@H](N3CCCC3)[C@@H]21)c1ccc(Cl)c(Cl)c1. The van der Waals surface area contributed by atoms with Gasteiger partial charge in [0.15, 0.2) is 0 Å². The molecule has 1 aliphatic carbocycles. The molecule has 1 amide bonds. The first-order valence-corrected chi connectivity index (χ1v) is 11.3. The van der Waals surface area contributed by atoms with Crippen LogP contribution >= 0.6 is 23.2 Å². The van der Waals surface area contributed by atoms with Crippen LogP contribution in [0.4, 0.5) is 0 Å². The van der Waals surface area contributed by atoms with Crippen LogP contribution in [0.15, 0.2) is 18.2 Å². The normalized spacial score (nSPS) is 30.2. The van der Waals surface area contributed by atoms with E-state index in [4.69, 9.17) is 23.2 Å². The van der Waals surface area contributed by atoms with E-state index in [0.29, 0.717) is 28.0 Å². The van der Waals surface area contributed by atoms with Gasteiger partial charge in [0.05, 0.1) is 22.0 Å². The molecule has 4 atom stereocenters. The minimum absolute atomic E-state index is 0.181. The Morgan fingerprint density at radius 2 is 1.74 bits per heavy atom. The van der Waals surface area contributed by atoms with Gasteiger partial charge in [-0.1, -0.05) is 35.7 Å². The number of piperidine rings is 1. The van der Waals surface area contributed by atoms with Crippen molar-refractivity contribution in [2.45, 2.75) is 69.9 Å². The van der Waals surface area contributed by atoms with Gasteiger partial charge in [-0.2, -0.15) is 0 Å². The van der Waals surface area contributed by atoms with Crippen molar-refractivity contribution in [3.05, 3.63) is 33.8 Å². The standard InChI is InChI=1S/C22H30Cl2N2O/c1-15(17-9-10-18(23)19(24)14-17)22(27)26-13-5-7-16-6-4-8-20(21(16)26)25-11-2-3-12-25/h9-10,14-16,20-21H,2-8,11-13H2,1H3/t15?,16-,20+,21+/m0/s1. The summed E-state index contributed by atoms with van der Waals surface area (Å²) in [7, 11) is 0. The first-order chi connectivity index (χ1) is 13.1. The van der Waals surface area contributed by atoms with Crippen molar-refractivity contribution in [1.82, 2.24) is 9.80 Å². The molecule has 0 aromatic heterocycles. The van der Waals surface area contributed by atoms with Crippen LogP contribution in [-0.4, -0.2) is 47.4 Å². The highest BCUT2D eigenvalue weighted by molar-refractivity contribution is 6.42. The molecule has 1 unspecified atom stereocenters. The number of rotatable bonds is 3. The molecule has 2 saturated heterocycles. The van der Waals surface area contributed by atoms with Gasteiger partial charge in [-0.15, -0.1) is 0 Å². The molecule has 1 saturated carbocycles. The average Bonchev–Trinajstić information content (AvgIpc) is 3.22. The van der Waals surface area contributed by atoms with Crippen LogP contribution in [0.25, 0.3) is 0 Å². The summed E-state index contributed by atoms with van der Waals surface area (Å²) in [6, 6.07) is 6.54. The molecule has 0 spiro atoms.